The molecule has 32 heavy (non-hydrogen) atoms. The van der Waals surface area contributed by atoms with Crippen molar-refractivity contribution in [2.45, 2.75) is 57.0 Å². The number of aromatic amines is 1. The predicted octanol–water partition coefficient (Wildman–Crippen LogP) is 3.36. The zero-order valence-corrected chi connectivity index (χ0v) is 18.8. The van der Waals surface area contributed by atoms with Gasteiger partial charge >= 0.3 is 0 Å². The van der Waals surface area contributed by atoms with E-state index in [-0.39, 0.29) is 18.0 Å². The van der Waals surface area contributed by atoms with Gasteiger partial charge < -0.3 is 10.6 Å². The van der Waals surface area contributed by atoms with Crippen LogP contribution in [0.3, 0.4) is 0 Å². The predicted molar refractivity (Wildman–Crippen MR) is 121 cm³/mol. The van der Waals surface area contributed by atoms with Gasteiger partial charge in [0.25, 0.3) is 5.91 Å². The van der Waals surface area contributed by atoms with E-state index in [4.69, 9.17) is 16.6 Å². The molecule has 0 aliphatic heterocycles. The molecule has 1 amide bonds. The molecule has 0 unspecified atom stereocenters. The van der Waals surface area contributed by atoms with Gasteiger partial charge in [-0.05, 0) is 50.9 Å². The van der Waals surface area contributed by atoms with Crippen LogP contribution < -0.4 is 10.6 Å². The molecule has 3 aromatic heterocycles. The molecule has 0 bridgehead atoms. The second kappa shape index (κ2) is 8.90. The number of aryl methyl sites for hydroxylation is 1. The molecule has 2 aliphatic carbocycles. The van der Waals surface area contributed by atoms with E-state index < -0.39 is 0 Å². The second-order valence-electron chi connectivity index (χ2n) is 8.82. The number of rotatable bonds is 7. The molecule has 0 saturated heterocycles. The number of nitrogens with zero attached hydrogens (tertiary/aromatic N) is 5. The van der Waals surface area contributed by atoms with E-state index in [1.807, 2.05) is 17.9 Å². The summed E-state index contributed by atoms with van der Waals surface area (Å²) in [4.78, 5) is 21.4. The second-order valence-corrected chi connectivity index (χ2v) is 9.23. The van der Waals surface area contributed by atoms with Gasteiger partial charge in [0.1, 0.15) is 0 Å². The molecule has 2 fully saturated rings. The smallest absolute Gasteiger partial charge is 0.254 e. The molecular formula is C22H27ClN8O. The van der Waals surface area contributed by atoms with Gasteiger partial charge in [-0.15, -0.1) is 0 Å². The molecule has 10 heteroatoms. The summed E-state index contributed by atoms with van der Waals surface area (Å²) in [6, 6.07) is 0.420. The van der Waals surface area contributed by atoms with Gasteiger partial charge in [-0.2, -0.15) is 10.2 Å². The molecule has 0 aromatic carbocycles. The van der Waals surface area contributed by atoms with Crippen molar-refractivity contribution in [3.05, 3.63) is 41.1 Å². The summed E-state index contributed by atoms with van der Waals surface area (Å²) in [6.45, 7) is 0. The van der Waals surface area contributed by atoms with Gasteiger partial charge in [0.05, 0.1) is 34.9 Å². The summed E-state index contributed by atoms with van der Waals surface area (Å²) in [5, 5.41) is 18.0. The van der Waals surface area contributed by atoms with Crippen molar-refractivity contribution in [3.8, 4) is 11.3 Å². The highest BCUT2D eigenvalue weighted by molar-refractivity contribution is 6.32. The summed E-state index contributed by atoms with van der Waals surface area (Å²) >= 11 is 6.48. The number of nitrogens with one attached hydrogen (secondary N) is 3. The lowest BCUT2D eigenvalue weighted by Crippen LogP contribution is -2.40. The van der Waals surface area contributed by atoms with Crippen molar-refractivity contribution in [2.24, 2.45) is 13.0 Å². The Morgan fingerprint density at radius 1 is 1.16 bits per heavy atom. The molecule has 0 atom stereocenters. The van der Waals surface area contributed by atoms with Crippen molar-refractivity contribution in [2.75, 3.05) is 5.32 Å². The van der Waals surface area contributed by atoms with E-state index in [0.29, 0.717) is 16.5 Å². The Bertz CT molecular complexity index is 1080. The minimum atomic E-state index is -0.0840. The van der Waals surface area contributed by atoms with Gasteiger partial charge in [0.2, 0.25) is 5.95 Å². The number of aromatic nitrogens is 6. The average Bonchev–Trinajstić information content (AvgIpc) is 3.29. The van der Waals surface area contributed by atoms with Crippen LogP contribution in [0.5, 0.6) is 0 Å². The van der Waals surface area contributed by atoms with Crippen LogP contribution in [0, 0.1) is 5.92 Å². The standard InChI is InChI=1S/C22H27ClN8O/c1-31-19(8-13-2-3-13)17(11-27-31)20-18(23)12-24-22(30-20)29-16-6-4-15(5-7-16)28-21(32)14-9-25-26-10-14/h9-13,15-16H,2-8H2,1H3,(H,25,26)(H,28,32)(H,24,29,30)/t15-,16+. The highest BCUT2D eigenvalue weighted by atomic mass is 35.5. The summed E-state index contributed by atoms with van der Waals surface area (Å²) in [6.07, 6.45) is 13.9. The Hall–Kier alpha value is -2.94. The fraction of sp³-hybridized carbons (Fsp3) is 0.500. The zero-order valence-electron chi connectivity index (χ0n) is 18.0. The van der Waals surface area contributed by atoms with Crippen molar-refractivity contribution in [3.63, 3.8) is 0 Å². The molecule has 2 aliphatic rings. The Morgan fingerprint density at radius 3 is 2.66 bits per heavy atom. The average molecular weight is 455 g/mol. The fourth-order valence-electron chi connectivity index (χ4n) is 4.33. The third kappa shape index (κ3) is 4.62. The number of amides is 1. The van der Waals surface area contributed by atoms with E-state index >= 15 is 0 Å². The van der Waals surface area contributed by atoms with Gasteiger partial charge in [-0.1, -0.05) is 11.6 Å². The largest absolute Gasteiger partial charge is 0.351 e. The lowest BCUT2D eigenvalue weighted by molar-refractivity contribution is 0.0926. The first-order valence-electron chi connectivity index (χ1n) is 11.2. The number of hydrogen-bond donors (Lipinski definition) is 3. The Labute approximate surface area is 191 Å². The summed E-state index contributed by atoms with van der Waals surface area (Å²) in [5.41, 5.74) is 3.45. The molecule has 9 nitrogen and oxygen atoms in total. The van der Waals surface area contributed by atoms with E-state index in [1.54, 1.807) is 12.4 Å². The van der Waals surface area contributed by atoms with Crippen LogP contribution in [-0.4, -0.2) is 47.9 Å². The van der Waals surface area contributed by atoms with E-state index in [9.17, 15) is 4.79 Å². The maximum atomic E-state index is 12.2. The molecule has 168 valence electrons. The van der Waals surface area contributed by atoms with Gasteiger partial charge in [-0.25, -0.2) is 9.97 Å². The van der Waals surface area contributed by atoms with Crippen LogP contribution in [0.2, 0.25) is 5.02 Å². The van der Waals surface area contributed by atoms with Crippen molar-refractivity contribution in [1.29, 1.82) is 0 Å². The Kier molecular flexibility index (Phi) is 5.82. The number of carbonyl (C=O) groups excluding carboxylic acids is 1. The summed E-state index contributed by atoms with van der Waals surface area (Å²) in [7, 11) is 1.97. The molecule has 2 saturated carbocycles. The van der Waals surface area contributed by atoms with Gasteiger partial charge in [0.15, 0.2) is 0 Å². The maximum absolute atomic E-state index is 12.2. The number of anilines is 1. The van der Waals surface area contributed by atoms with Crippen molar-refractivity contribution >= 4 is 23.5 Å². The van der Waals surface area contributed by atoms with Crippen LogP contribution in [0.4, 0.5) is 5.95 Å². The first-order chi connectivity index (χ1) is 15.6. The number of H-pyrrole nitrogens is 1. The van der Waals surface area contributed by atoms with Crippen LogP contribution in [-0.2, 0) is 13.5 Å². The number of hydrogen-bond acceptors (Lipinski definition) is 6. The van der Waals surface area contributed by atoms with E-state index in [0.717, 1.165) is 49.3 Å². The monoisotopic (exact) mass is 454 g/mol. The Morgan fingerprint density at radius 2 is 1.94 bits per heavy atom. The normalized spacial score (nSPS) is 20.8. The van der Waals surface area contributed by atoms with Gasteiger partial charge in [0, 0.05) is 36.6 Å². The van der Waals surface area contributed by atoms with Crippen LogP contribution in [0.25, 0.3) is 11.3 Å². The SMILES string of the molecule is Cn1ncc(-c2nc(N[C@H]3CC[C@@H](NC(=O)c4cn[nH]c4)CC3)ncc2Cl)c1CC1CC1. The fourth-order valence-corrected chi connectivity index (χ4v) is 4.53. The topological polar surface area (TPSA) is 113 Å². The lowest BCUT2D eigenvalue weighted by atomic mass is 9.91. The van der Waals surface area contributed by atoms with Crippen LogP contribution in [0.15, 0.2) is 24.8 Å². The minimum Gasteiger partial charge on any atom is -0.351 e. The minimum absolute atomic E-state index is 0.0840. The highest BCUT2D eigenvalue weighted by Gasteiger charge is 2.27. The molecule has 3 N–H and O–H groups in total. The first-order valence-corrected chi connectivity index (χ1v) is 11.5. The lowest BCUT2D eigenvalue weighted by Gasteiger charge is -2.29. The molecule has 3 heterocycles. The zero-order chi connectivity index (χ0) is 22.1. The van der Waals surface area contributed by atoms with Gasteiger partial charge in [-0.3, -0.25) is 14.6 Å². The van der Waals surface area contributed by atoms with Crippen molar-refractivity contribution < 1.29 is 4.79 Å². The van der Waals surface area contributed by atoms with Crippen molar-refractivity contribution in [1.82, 2.24) is 35.3 Å². The third-order valence-corrected chi connectivity index (χ3v) is 6.67. The van der Waals surface area contributed by atoms with E-state index in [1.165, 1.54) is 24.7 Å². The third-order valence-electron chi connectivity index (χ3n) is 6.40. The molecule has 0 spiro atoms. The summed E-state index contributed by atoms with van der Waals surface area (Å²) < 4.78 is 1.93. The number of halogens is 1. The van der Waals surface area contributed by atoms with E-state index in [2.05, 4.69) is 30.9 Å². The molecule has 0 radical (unpaired) electrons. The quantitative estimate of drug-likeness (QED) is 0.504. The van der Waals surface area contributed by atoms with Crippen LogP contribution in [0.1, 0.15) is 54.6 Å². The molecule has 3 aromatic rings. The van der Waals surface area contributed by atoms with Crippen LogP contribution >= 0.6 is 11.6 Å². The maximum Gasteiger partial charge on any atom is 0.254 e. The number of carbonyl (C=O) groups is 1. The highest BCUT2D eigenvalue weighted by Crippen LogP contribution is 2.37. The molecule has 5 rings (SSSR count). The Balaban J connectivity index is 1.22. The molecular weight excluding hydrogens is 428 g/mol. The summed E-state index contributed by atoms with van der Waals surface area (Å²) in [5.74, 6) is 1.24. The first kappa shape index (κ1) is 20.9.